The summed E-state index contributed by atoms with van der Waals surface area (Å²) in [4.78, 5) is 9.55. The molecular weight excluding hydrogens is 952 g/mol. The quantitative estimate of drug-likeness (QED) is 0.149. The maximum absolute atomic E-state index is 6.65. The van der Waals surface area contributed by atoms with Crippen molar-refractivity contribution in [1.29, 1.82) is 0 Å². The number of hydrogen-bond donors (Lipinski definition) is 0. The number of para-hydroxylation sites is 2. The van der Waals surface area contributed by atoms with Crippen molar-refractivity contribution in [2.75, 3.05) is 9.80 Å². The molecule has 63 heavy (non-hydrogen) atoms. The molecule has 3 heterocycles. The molecule has 1 aliphatic rings. The van der Waals surface area contributed by atoms with Gasteiger partial charge in [0, 0.05) is 66.9 Å². The fourth-order valence-electron chi connectivity index (χ4n) is 8.53. The molecule has 1 aliphatic heterocycles. The van der Waals surface area contributed by atoms with Crippen LogP contribution >= 0.6 is 0 Å². The van der Waals surface area contributed by atoms with Crippen LogP contribution in [0.4, 0.5) is 22.7 Å². The van der Waals surface area contributed by atoms with E-state index in [0.29, 0.717) is 11.5 Å². The zero-order valence-electron chi connectivity index (χ0n) is 36.7. The zero-order chi connectivity index (χ0) is 42.8. The number of ether oxygens (including phenoxy) is 1. The van der Waals surface area contributed by atoms with Crippen molar-refractivity contribution in [3.05, 3.63) is 199 Å². The van der Waals surface area contributed by atoms with Crippen LogP contribution in [0.5, 0.6) is 11.5 Å². The monoisotopic (exact) mass is 1000 g/mol. The molecule has 0 saturated carbocycles. The molecule has 0 aliphatic carbocycles. The number of rotatable bonds is 7. The Hall–Kier alpha value is -6.42. The van der Waals surface area contributed by atoms with E-state index >= 15 is 0 Å². The summed E-state index contributed by atoms with van der Waals surface area (Å²) in [5, 5.41) is 2.20. The number of benzene rings is 7. The molecule has 9 aromatic rings. The molecule has 0 fully saturated rings. The Morgan fingerprint density at radius 2 is 1.24 bits per heavy atom. The van der Waals surface area contributed by atoms with E-state index in [1.165, 1.54) is 16.7 Å². The fraction of sp³-hybridized carbons (Fsp3) is 0.158. The number of aryl methyl sites for hydroxylation is 1. The summed E-state index contributed by atoms with van der Waals surface area (Å²) in [6.07, 6.45) is 2.00. The number of pyridine rings is 1. The van der Waals surface area contributed by atoms with Gasteiger partial charge in [0.25, 0.3) is 0 Å². The Labute approximate surface area is 385 Å². The molecule has 0 spiro atoms. The topological polar surface area (TPSA) is 33.5 Å². The van der Waals surface area contributed by atoms with Crippen molar-refractivity contribution >= 4 is 44.6 Å². The Morgan fingerprint density at radius 1 is 0.556 bits per heavy atom. The van der Waals surface area contributed by atoms with Gasteiger partial charge < -0.3 is 19.1 Å². The average molecular weight is 1000 g/mol. The van der Waals surface area contributed by atoms with Crippen LogP contribution in [-0.2, 0) is 31.9 Å². The molecule has 0 bridgehead atoms. The standard InChI is InChI=1S/C57H49N4O.Pt/c1-38-31-55(58-36-50(38)40-23-26-42(27-24-40)56(2,3)4)61-51-30-25-41(39-15-9-8-10-16-39)32-49(51)48-29-28-47(35-54(48)61)62-46-20-14-19-45(34-46)60-37-59(52-21-11-12-22-53(52)60)44-18-13-17-43(33-44)57(5,6)7;/h8-33,36-37H,1-7H3;/q-3;. The molecule has 316 valence electrons. The minimum atomic E-state index is 0. The van der Waals surface area contributed by atoms with Gasteiger partial charge in [0.05, 0.1) is 0 Å². The molecular formula is C57H49N4OPt-3. The number of aromatic nitrogens is 2. The first kappa shape index (κ1) is 41.9. The van der Waals surface area contributed by atoms with E-state index in [-0.39, 0.29) is 31.9 Å². The van der Waals surface area contributed by atoms with Gasteiger partial charge in [-0.3, -0.25) is 0 Å². The maximum Gasteiger partial charge on any atom is 0.135 e. The summed E-state index contributed by atoms with van der Waals surface area (Å²) in [6.45, 7) is 17.8. The molecule has 0 unspecified atom stereocenters. The third-order valence-electron chi connectivity index (χ3n) is 12.0. The summed E-state index contributed by atoms with van der Waals surface area (Å²) in [7, 11) is 0. The molecule has 5 nitrogen and oxygen atoms in total. The van der Waals surface area contributed by atoms with E-state index in [1.54, 1.807) is 0 Å². The van der Waals surface area contributed by atoms with Gasteiger partial charge in [-0.25, -0.2) is 4.98 Å². The second kappa shape index (κ2) is 16.4. The van der Waals surface area contributed by atoms with Crippen molar-refractivity contribution in [1.82, 2.24) is 9.55 Å². The van der Waals surface area contributed by atoms with Gasteiger partial charge in [0.1, 0.15) is 5.82 Å². The predicted molar refractivity (Wildman–Crippen MR) is 257 cm³/mol. The smallest absolute Gasteiger partial charge is 0.135 e. The first-order valence-electron chi connectivity index (χ1n) is 21.4. The summed E-state index contributed by atoms with van der Waals surface area (Å²) in [6, 6.07) is 63.0. The first-order valence-corrected chi connectivity index (χ1v) is 21.4. The first-order chi connectivity index (χ1) is 29.9. The Kier molecular flexibility index (Phi) is 10.9. The minimum Gasteiger partial charge on any atom is -0.509 e. The molecule has 0 atom stereocenters. The van der Waals surface area contributed by atoms with Gasteiger partial charge in [-0.15, -0.1) is 48.1 Å². The molecule has 7 aromatic carbocycles. The summed E-state index contributed by atoms with van der Waals surface area (Å²) < 4.78 is 8.87. The number of nitrogens with zero attached hydrogens (tertiary/aromatic N) is 4. The summed E-state index contributed by atoms with van der Waals surface area (Å²) in [5.74, 6) is 2.02. The molecule has 6 heteroatoms. The van der Waals surface area contributed by atoms with E-state index in [4.69, 9.17) is 9.72 Å². The third kappa shape index (κ3) is 7.96. The van der Waals surface area contributed by atoms with Crippen LogP contribution in [0.1, 0.15) is 58.2 Å². The van der Waals surface area contributed by atoms with Gasteiger partial charge in [-0.05, 0) is 92.9 Å². The van der Waals surface area contributed by atoms with Gasteiger partial charge in [0.2, 0.25) is 0 Å². The van der Waals surface area contributed by atoms with Gasteiger partial charge in [0.15, 0.2) is 0 Å². The Morgan fingerprint density at radius 3 is 1.97 bits per heavy atom. The van der Waals surface area contributed by atoms with Crippen LogP contribution in [0.25, 0.3) is 49.9 Å². The second-order valence-electron chi connectivity index (χ2n) is 18.3. The SMILES string of the molecule is Cc1cc(-n2c3[c-]c(Oc4[c-]c(N5[CH-]N(c6cccc(C(C)(C)C)c6)c6ccccc65)ccc4)ccc3c3cc(-c4ccccc4)ccc32)ncc1-c1ccc(C(C)(C)C)cc1.[Pt]. The van der Waals surface area contributed by atoms with Crippen LogP contribution in [0.15, 0.2) is 164 Å². The van der Waals surface area contributed by atoms with Crippen LogP contribution in [-0.4, -0.2) is 9.55 Å². The number of anilines is 4. The molecule has 0 N–H and O–H groups in total. The van der Waals surface area contributed by atoms with Crippen LogP contribution in [0.2, 0.25) is 0 Å². The van der Waals surface area contributed by atoms with Crippen molar-refractivity contribution in [3.8, 4) is 39.6 Å². The predicted octanol–water partition coefficient (Wildman–Crippen LogP) is 15.2. The Bertz CT molecular complexity index is 3120. The van der Waals surface area contributed by atoms with E-state index in [1.807, 2.05) is 24.4 Å². The number of fused-ring (bicyclic) bond motifs is 4. The molecule has 0 radical (unpaired) electrons. The van der Waals surface area contributed by atoms with Gasteiger partial charge in [-0.1, -0.05) is 138 Å². The molecule has 0 amide bonds. The summed E-state index contributed by atoms with van der Waals surface area (Å²) >= 11 is 0. The fourth-order valence-corrected chi connectivity index (χ4v) is 8.53. The molecule has 2 aromatic heterocycles. The molecule has 10 rings (SSSR count). The van der Waals surface area contributed by atoms with Crippen LogP contribution in [0.3, 0.4) is 0 Å². The summed E-state index contributed by atoms with van der Waals surface area (Å²) in [5.41, 5.74) is 14.6. The normalized spacial score (nSPS) is 12.7. The van der Waals surface area contributed by atoms with E-state index < -0.39 is 0 Å². The van der Waals surface area contributed by atoms with Crippen molar-refractivity contribution in [2.45, 2.75) is 59.3 Å². The van der Waals surface area contributed by atoms with Gasteiger partial charge in [-0.2, -0.15) is 12.1 Å². The molecule has 0 saturated heterocycles. The Balaban J connectivity index is 0.00000504. The second-order valence-corrected chi connectivity index (χ2v) is 18.3. The van der Waals surface area contributed by atoms with E-state index in [9.17, 15) is 0 Å². The third-order valence-corrected chi connectivity index (χ3v) is 12.0. The maximum atomic E-state index is 6.65. The largest absolute Gasteiger partial charge is 0.509 e. The average Bonchev–Trinajstić information content (AvgIpc) is 3.82. The van der Waals surface area contributed by atoms with E-state index in [0.717, 1.165) is 72.6 Å². The minimum absolute atomic E-state index is 0. The van der Waals surface area contributed by atoms with Crippen molar-refractivity contribution in [2.24, 2.45) is 0 Å². The van der Waals surface area contributed by atoms with Crippen LogP contribution in [0, 0.1) is 25.7 Å². The van der Waals surface area contributed by atoms with Crippen molar-refractivity contribution in [3.63, 3.8) is 0 Å². The zero-order valence-corrected chi connectivity index (χ0v) is 39.0. The van der Waals surface area contributed by atoms with Crippen molar-refractivity contribution < 1.29 is 25.8 Å². The van der Waals surface area contributed by atoms with E-state index in [2.05, 4.69) is 221 Å². The van der Waals surface area contributed by atoms with Crippen LogP contribution < -0.4 is 14.5 Å². The number of hydrogen-bond acceptors (Lipinski definition) is 4. The van der Waals surface area contributed by atoms with Gasteiger partial charge >= 0.3 is 0 Å².